The third kappa shape index (κ3) is 2.02. The van der Waals surface area contributed by atoms with Gasteiger partial charge in [0.2, 0.25) is 0 Å². The van der Waals surface area contributed by atoms with Crippen molar-refractivity contribution in [3.63, 3.8) is 0 Å². The summed E-state index contributed by atoms with van der Waals surface area (Å²) in [6.45, 7) is 0. The minimum absolute atomic E-state index is 0.670. The molecular weight excluding hydrogens is 230 g/mol. The van der Waals surface area contributed by atoms with Crippen molar-refractivity contribution in [3.8, 4) is 6.07 Å². The molecule has 0 radical (unpaired) electrons. The van der Waals surface area contributed by atoms with Crippen LogP contribution in [0.15, 0.2) is 11.0 Å². The molecule has 0 saturated heterocycles. The van der Waals surface area contributed by atoms with E-state index in [1.54, 1.807) is 0 Å². The van der Waals surface area contributed by atoms with Crippen molar-refractivity contribution in [1.29, 1.82) is 5.26 Å². The lowest BCUT2D eigenvalue weighted by Gasteiger charge is -2.04. The molecule has 7 heteroatoms. The zero-order valence-electron chi connectivity index (χ0n) is 7.05. The van der Waals surface area contributed by atoms with E-state index in [1.807, 2.05) is 4.98 Å². The molecule has 1 rings (SSSR count). The highest BCUT2D eigenvalue weighted by atomic mass is 35.5. The molecule has 0 saturated carbocycles. The Hall–Kier alpha value is -1.74. The van der Waals surface area contributed by atoms with Crippen LogP contribution < -0.4 is 5.56 Å². The number of aromatic amines is 1. The lowest BCUT2D eigenvalue weighted by atomic mass is 10.1. The Kier molecular flexibility index (Phi) is 3.17. The molecule has 0 unspecified atom stereocenters. The molecule has 1 aromatic rings. The number of nitrogens with zero attached hydrogens (tertiary/aromatic N) is 1. The summed E-state index contributed by atoms with van der Waals surface area (Å²) in [4.78, 5) is 23.8. The minimum Gasteiger partial charge on any atom is -0.327 e. The van der Waals surface area contributed by atoms with Gasteiger partial charge in [0.15, 0.2) is 0 Å². The molecule has 0 fully saturated rings. The van der Waals surface area contributed by atoms with E-state index in [-0.39, 0.29) is 0 Å². The minimum atomic E-state index is -2.99. The van der Waals surface area contributed by atoms with Crippen molar-refractivity contribution in [2.75, 3.05) is 0 Å². The van der Waals surface area contributed by atoms with Crippen LogP contribution in [-0.4, -0.2) is 10.2 Å². The number of H-pyrrole nitrogens is 1. The van der Waals surface area contributed by atoms with Crippen molar-refractivity contribution < 1.29 is 13.6 Å². The van der Waals surface area contributed by atoms with E-state index in [9.17, 15) is 18.4 Å². The molecule has 0 spiro atoms. The average Bonchev–Trinajstić information content (AvgIpc) is 2.16. The molecule has 0 atom stereocenters. The Morgan fingerprint density at radius 1 is 1.60 bits per heavy atom. The largest absolute Gasteiger partial charge is 0.327 e. The number of aromatic nitrogens is 1. The molecule has 0 aliphatic carbocycles. The molecule has 78 valence electrons. The number of halogens is 3. The fourth-order valence-electron chi connectivity index (χ4n) is 1.04. The van der Waals surface area contributed by atoms with Crippen molar-refractivity contribution in [1.82, 2.24) is 4.98 Å². The number of rotatable bonds is 2. The predicted molar refractivity (Wildman–Crippen MR) is 46.9 cm³/mol. The maximum Gasteiger partial charge on any atom is 0.266 e. The van der Waals surface area contributed by atoms with Gasteiger partial charge in [-0.3, -0.25) is 9.59 Å². The van der Waals surface area contributed by atoms with E-state index in [4.69, 9.17) is 16.9 Å². The normalized spacial score (nSPS) is 10.1. The first-order valence-electron chi connectivity index (χ1n) is 3.62. The second-order valence-electron chi connectivity index (χ2n) is 2.51. The summed E-state index contributed by atoms with van der Waals surface area (Å²) in [5, 5.41) is 7.27. The van der Waals surface area contributed by atoms with Gasteiger partial charge in [-0.05, 0) is 11.6 Å². The summed E-state index contributed by atoms with van der Waals surface area (Å²) in [6, 6.07) is 1.36. The molecule has 1 N–H and O–H groups in total. The van der Waals surface area contributed by atoms with E-state index >= 15 is 0 Å². The standard InChI is InChI=1S/C8H3ClF2N2O2/c9-6(14)5-3(1-12)8(15)13-2-4(5)7(10)11/h2,7H,(H,13,15). The van der Waals surface area contributed by atoms with E-state index < -0.39 is 33.9 Å². The third-order valence-electron chi connectivity index (χ3n) is 1.67. The Labute approximate surface area is 87.1 Å². The van der Waals surface area contributed by atoms with Gasteiger partial charge >= 0.3 is 0 Å². The summed E-state index contributed by atoms with van der Waals surface area (Å²) < 4.78 is 24.8. The Balaban J connectivity index is 3.66. The monoisotopic (exact) mass is 232 g/mol. The van der Waals surface area contributed by atoms with Crippen LogP contribution >= 0.6 is 11.6 Å². The van der Waals surface area contributed by atoms with Crippen molar-refractivity contribution >= 4 is 16.8 Å². The van der Waals surface area contributed by atoms with E-state index in [0.29, 0.717) is 6.20 Å². The van der Waals surface area contributed by atoms with E-state index in [1.165, 1.54) is 6.07 Å². The van der Waals surface area contributed by atoms with Gasteiger partial charge in [-0.25, -0.2) is 8.78 Å². The first kappa shape index (κ1) is 11.3. The molecule has 4 nitrogen and oxygen atoms in total. The van der Waals surface area contributed by atoms with Gasteiger partial charge in [0, 0.05) is 11.8 Å². The number of nitrogens with one attached hydrogen (secondary N) is 1. The van der Waals surface area contributed by atoms with Crippen LogP contribution in [0, 0.1) is 11.3 Å². The predicted octanol–water partition coefficient (Wildman–Crippen LogP) is 1.56. The fraction of sp³-hybridized carbons (Fsp3) is 0.125. The summed E-state index contributed by atoms with van der Waals surface area (Å²) in [5.74, 6) is 0. The van der Waals surface area contributed by atoms with Gasteiger partial charge in [-0.15, -0.1) is 0 Å². The van der Waals surface area contributed by atoms with Crippen LogP contribution in [0.1, 0.15) is 27.9 Å². The number of alkyl halides is 2. The van der Waals surface area contributed by atoms with Crippen LogP contribution in [0.25, 0.3) is 0 Å². The van der Waals surface area contributed by atoms with Gasteiger partial charge in [0.05, 0.1) is 5.56 Å². The summed E-state index contributed by atoms with van der Waals surface area (Å²) >= 11 is 5.03. The molecule has 1 aromatic heterocycles. The molecule has 0 aromatic carbocycles. The van der Waals surface area contributed by atoms with Crippen molar-refractivity contribution in [3.05, 3.63) is 33.2 Å². The highest BCUT2D eigenvalue weighted by Gasteiger charge is 2.23. The zero-order valence-corrected chi connectivity index (χ0v) is 7.81. The zero-order chi connectivity index (χ0) is 11.6. The quantitative estimate of drug-likeness (QED) is 0.787. The summed E-state index contributed by atoms with van der Waals surface area (Å²) in [7, 11) is 0. The Morgan fingerprint density at radius 2 is 2.20 bits per heavy atom. The highest BCUT2D eigenvalue weighted by molar-refractivity contribution is 6.68. The lowest BCUT2D eigenvalue weighted by molar-refractivity contribution is 0.106. The molecule has 0 aliphatic heterocycles. The van der Waals surface area contributed by atoms with Gasteiger partial charge in [-0.2, -0.15) is 5.26 Å². The third-order valence-corrected chi connectivity index (χ3v) is 1.86. The molecule has 0 amide bonds. The van der Waals surface area contributed by atoms with Crippen LogP contribution in [0.3, 0.4) is 0 Å². The van der Waals surface area contributed by atoms with Gasteiger partial charge < -0.3 is 4.98 Å². The molecule has 15 heavy (non-hydrogen) atoms. The van der Waals surface area contributed by atoms with Crippen LogP contribution in [-0.2, 0) is 0 Å². The number of nitriles is 1. The first-order valence-corrected chi connectivity index (χ1v) is 4.00. The molecular formula is C8H3ClF2N2O2. The summed E-state index contributed by atoms with van der Waals surface area (Å²) in [6.07, 6.45) is -2.32. The van der Waals surface area contributed by atoms with Crippen LogP contribution in [0.5, 0.6) is 0 Å². The van der Waals surface area contributed by atoms with Gasteiger partial charge in [0.25, 0.3) is 17.2 Å². The number of hydrogen-bond acceptors (Lipinski definition) is 3. The number of hydrogen-bond donors (Lipinski definition) is 1. The molecule has 0 bridgehead atoms. The van der Waals surface area contributed by atoms with E-state index in [0.717, 1.165) is 0 Å². The smallest absolute Gasteiger partial charge is 0.266 e. The SMILES string of the molecule is N#Cc1c(C(=O)Cl)c(C(F)F)c[nH]c1=O. The Morgan fingerprint density at radius 3 is 2.60 bits per heavy atom. The fourth-order valence-corrected chi connectivity index (χ4v) is 1.24. The number of carbonyl (C=O) groups excluding carboxylic acids is 1. The second-order valence-corrected chi connectivity index (χ2v) is 2.85. The maximum atomic E-state index is 12.4. The molecule has 1 heterocycles. The second kappa shape index (κ2) is 4.19. The first-order chi connectivity index (χ1) is 6.99. The number of pyridine rings is 1. The van der Waals surface area contributed by atoms with Gasteiger partial charge in [-0.1, -0.05) is 0 Å². The van der Waals surface area contributed by atoms with E-state index in [2.05, 4.69) is 0 Å². The topological polar surface area (TPSA) is 73.7 Å². The van der Waals surface area contributed by atoms with Crippen molar-refractivity contribution in [2.45, 2.75) is 6.43 Å². The number of carbonyl (C=O) groups is 1. The molecule has 0 aliphatic rings. The van der Waals surface area contributed by atoms with Crippen LogP contribution in [0.4, 0.5) is 8.78 Å². The van der Waals surface area contributed by atoms with Crippen LogP contribution in [0.2, 0.25) is 0 Å². The average molecular weight is 233 g/mol. The Bertz CT molecular complexity index is 504. The van der Waals surface area contributed by atoms with Crippen molar-refractivity contribution in [2.24, 2.45) is 0 Å². The maximum absolute atomic E-state index is 12.4. The van der Waals surface area contributed by atoms with Gasteiger partial charge in [0.1, 0.15) is 11.6 Å². The highest BCUT2D eigenvalue weighted by Crippen LogP contribution is 2.24. The lowest BCUT2D eigenvalue weighted by Crippen LogP contribution is -2.17. The summed E-state index contributed by atoms with van der Waals surface area (Å²) in [5.41, 5.74) is -3.12.